The van der Waals surface area contributed by atoms with Gasteiger partial charge in [0, 0.05) is 5.88 Å². The molecule has 0 radical (unpaired) electrons. The van der Waals surface area contributed by atoms with Gasteiger partial charge in [-0.2, -0.15) is 0 Å². The fourth-order valence-corrected chi connectivity index (χ4v) is 3.38. The number of hydrogen-bond donors (Lipinski definition) is 0. The Balaban J connectivity index is 2.46. The van der Waals surface area contributed by atoms with Crippen LogP contribution in [0.15, 0.2) is 0 Å². The molecule has 0 amide bonds. The summed E-state index contributed by atoms with van der Waals surface area (Å²) in [5, 5.41) is 0. The summed E-state index contributed by atoms with van der Waals surface area (Å²) in [6.07, 6.45) is 1.60. The molecule has 12 heavy (non-hydrogen) atoms. The van der Waals surface area contributed by atoms with Crippen molar-refractivity contribution >= 4 is 21.4 Å². The van der Waals surface area contributed by atoms with E-state index in [1.165, 1.54) is 0 Å². The molecule has 72 valence electrons. The normalized spacial score (nSPS) is 26.8. The van der Waals surface area contributed by atoms with Gasteiger partial charge in [0.25, 0.3) is 0 Å². The molecular weight excluding hydrogens is 196 g/mol. The molecule has 1 atom stereocenters. The molecule has 1 rings (SSSR count). The summed E-state index contributed by atoms with van der Waals surface area (Å²) in [5.41, 5.74) is 0. The predicted octanol–water partition coefficient (Wildman–Crippen LogP) is 1.69. The Labute approximate surface area is 79.2 Å². The van der Waals surface area contributed by atoms with Gasteiger partial charge in [-0.3, -0.25) is 0 Å². The molecule has 1 aliphatic heterocycles. The maximum Gasteiger partial charge on any atom is 0.150 e. The molecule has 0 saturated carbocycles. The van der Waals surface area contributed by atoms with Crippen molar-refractivity contribution in [2.24, 2.45) is 11.8 Å². The Kier molecular flexibility index (Phi) is 3.41. The van der Waals surface area contributed by atoms with Gasteiger partial charge in [-0.05, 0) is 24.7 Å². The number of rotatable bonds is 2. The average molecular weight is 211 g/mol. The summed E-state index contributed by atoms with van der Waals surface area (Å²) in [5.74, 6) is 2.34. The summed E-state index contributed by atoms with van der Waals surface area (Å²) < 4.78 is 22.1. The zero-order valence-electron chi connectivity index (χ0n) is 7.29. The molecule has 1 saturated heterocycles. The molecule has 1 unspecified atom stereocenters. The van der Waals surface area contributed by atoms with Crippen molar-refractivity contribution in [1.29, 1.82) is 0 Å². The first-order chi connectivity index (χ1) is 5.55. The summed E-state index contributed by atoms with van der Waals surface area (Å²) in [4.78, 5) is 0. The fraction of sp³-hybridized carbons (Fsp3) is 1.00. The maximum atomic E-state index is 11.1. The van der Waals surface area contributed by atoms with Crippen LogP contribution in [0.2, 0.25) is 0 Å². The zero-order chi connectivity index (χ0) is 9.19. The molecule has 4 heteroatoms. The number of sulfone groups is 1. The van der Waals surface area contributed by atoms with E-state index in [-0.39, 0.29) is 0 Å². The summed E-state index contributed by atoms with van der Waals surface area (Å²) in [6.45, 7) is 2.09. The van der Waals surface area contributed by atoms with Gasteiger partial charge in [0.1, 0.15) is 9.84 Å². The highest BCUT2D eigenvalue weighted by Gasteiger charge is 2.26. The van der Waals surface area contributed by atoms with Crippen molar-refractivity contribution in [1.82, 2.24) is 0 Å². The van der Waals surface area contributed by atoms with E-state index < -0.39 is 9.84 Å². The van der Waals surface area contributed by atoms with Crippen LogP contribution in [0.3, 0.4) is 0 Å². The molecule has 1 fully saturated rings. The molecule has 2 nitrogen and oxygen atoms in total. The third kappa shape index (κ3) is 2.63. The summed E-state index contributed by atoms with van der Waals surface area (Å²) >= 11 is 5.71. The summed E-state index contributed by atoms with van der Waals surface area (Å²) in [6, 6.07) is 0. The molecule has 0 aliphatic carbocycles. The molecular formula is C8H15ClO2S. The van der Waals surface area contributed by atoms with Gasteiger partial charge >= 0.3 is 0 Å². The lowest BCUT2D eigenvalue weighted by molar-refractivity contribution is 0.355. The monoisotopic (exact) mass is 210 g/mol. The summed E-state index contributed by atoms with van der Waals surface area (Å²) in [7, 11) is -2.70. The zero-order valence-corrected chi connectivity index (χ0v) is 8.87. The maximum absolute atomic E-state index is 11.1. The quantitative estimate of drug-likeness (QED) is 0.650. The largest absolute Gasteiger partial charge is 0.229 e. The molecule has 1 aliphatic rings. The van der Waals surface area contributed by atoms with Crippen molar-refractivity contribution in [3.8, 4) is 0 Å². The van der Waals surface area contributed by atoms with Crippen LogP contribution < -0.4 is 0 Å². The minimum atomic E-state index is -2.70. The number of halogens is 1. The second-order valence-corrected chi connectivity index (χ2v) is 6.23. The van der Waals surface area contributed by atoms with E-state index in [0.717, 1.165) is 12.8 Å². The highest BCUT2D eigenvalue weighted by Crippen LogP contribution is 2.26. The van der Waals surface area contributed by atoms with Crippen molar-refractivity contribution < 1.29 is 8.42 Å². The lowest BCUT2D eigenvalue weighted by Crippen LogP contribution is -2.27. The van der Waals surface area contributed by atoms with Crippen LogP contribution in [-0.4, -0.2) is 25.8 Å². The van der Waals surface area contributed by atoms with E-state index in [2.05, 4.69) is 6.92 Å². The van der Waals surface area contributed by atoms with Gasteiger partial charge in [0.15, 0.2) is 0 Å². The molecule has 0 N–H and O–H groups in total. The first-order valence-corrected chi connectivity index (χ1v) is 6.67. The van der Waals surface area contributed by atoms with Gasteiger partial charge in [0.2, 0.25) is 0 Å². The van der Waals surface area contributed by atoms with Gasteiger partial charge < -0.3 is 0 Å². The van der Waals surface area contributed by atoms with Crippen LogP contribution in [0, 0.1) is 11.8 Å². The number of hydrogen-bond acceptors (Lipinski definition) is 2. The molecule has 0 bridgehead atoms. The number of alkyl halides is 1. The second-order valence-electron chi connectivity index (χ2n) is 3.62. The standard InChI is InChI=1S/C8H15ClO2S/c1-7(6-9)8-2-4-12(10,11)5-3-8/h7-8H,2-6H2,1H3. The van der Waals surface area contributed by atoms with E-state index in [0.29, 0.717) is 29.2 Å². The highest BCUT2D eigenvalue weighted by atomic mass is 35.5. The molecule has 0 aromatic heterocycles. The minimum Gasteiger partial charge on any atom is -0.229 e. The van der Waals surface area contributed by atoms with Gasteiger partial charge in [-0.1, -0.05) is 6.92 Å². The van der Waals surface area contributed by atoms with Crippen LogP contribution in [0.5, 0.6) is 0 Å². The third-order valence-electron chi connectivity index (χ3n) is 2.65. The fourth-order valence-electron chi connectivity index (χ4n) is 1.60. The molecule has 0 aromatic carbocycles. The Hall–Kier alpha value is 0.240. The molecule has 0 spiro atoms. The van der Waals surface area contributed by atoms with Crippen LogP contribution in [-0.2, 0) is 9.84 Å². The molecule has 0 aromatic rings. The van der Waals surface area contributed by atoms with Crippen LogP contribution in [0.1, 0.15) is 19.8 Å². The average Bonchev–Trinajstić information content (AvgIpc) is 2.03. The van der Waals surface area contributed by atoms with E-state index in [4.69, 9.17) is 11.6 Å². The lowest BCUT2D eigenvalue weighted by Gasteiger charge is -2.25. The smallest absolute Gasteiger partial charge is 0.150 e. The first-order valence-electron chi connectivity index (χ1n) is 4.31. The molecule has 1 heterocycles. The highest BCUT2D eigenvalue weighted by molar-refractivity contribution is 7.91. The van der Waals surface area contributed by atoms with E-state index in [1.807, 2.05) is 0 Å². The van der Waals surface area contributed by atoms with Gasteiger partial charge in [-0.15, -0.1) is 11.6 Å². The van der Waals surface area contributed by atoms with Crippen LogP contribution in [0.4, 0.5) is 0 Å². The van der Waals surface area contributed by atoms with E-state index in [9.17, 15) is 8.42 Å². The SMILES string of the molecule is CC(CCl)C1CCS(=O)(=O)CC1. The first kappa shape index (κ1) is 10.3. The van der Waals surface area contributed by atoms with Crippen LogP contribution >= 0.6 is 11.6 Å². The van der Waals surface area contributed by atoms with Crippen molar-refractivity contribution in [3.63, 3.8) is 0 Å². The van der Waals surface area contributed by atoms with Crippen molar-refractivity contribution in [3.05, 3.63) is 0 Å². The topological polar surface area (TPSA) is 34.1 Å². The van der Waals surface area contributed by atoms with Gasteiger partial charge in [0.05, 0.1) is 11.5 Å². The van der Waals surface area contributed by atoms with Crippen LogP contribution in [0.25, 0.3) is 0 Å². The van der Waals surface area contributed by atoms with E-state index >= 15 is 0 Å². The Morgan fingerprint density at radius 2 is 1.92 bits per heavy atom. The lowest BCUT2D eigenvalue weighted by atomic mass is 9.90. The third-order valence-corrected chi connectivity index (χ3v) is 4.85. The minimum absolute atomic E-state index is 0.360. The second kappa shape index (κ2) is 3.97. The van der Waals surface area contributed by atoms with Gasteiger partial charge in [-0.25, -0.2) is 8.42 Å². The Morgan fingerprint density at radius 3 is 2.33 bits per heavy atom. The predicted molar refractivity (Wildman–Crippen MR) is 51.3 cm³/mol. The Bertz CT molecular complexity index is 221. The van der Waals surface area contributed by atoms with Crippen molar-refractivity contribution in [2.45, 2.75) is 19.8 Å². The van der Waals surface area contributed by atoms with Crippen molar-refractivity contribution in [2.75, 3.05) is 17.4 Å². The Morgan fingerprint density at radius 1 is 1.42 bits per heavy atom. The van der Waals surface area contributed by atoms with E-state index in [1.54, 1.807) is 0 Å².